The lowest BCUT2D eigenvalue weighted by Crippen LogP contribution is -2.30. The Kier molecular flexibility index (Phi) is 3.62. The summed E-state index contributed by atoms with van der Waals surface area (Å²) in [7, 11) is 1.77. The van der Waals surface area contributed by atoms with E-state index in [0.29, 0.717) is 12.1 Å². The Labute approximate surface area is 103 Å². The van der Waals surface area contributed by atoms with E-state index in [1.165, 1.54) is 12.0 Å². The standard InChI is InChI=1S/C13H21N3O/c1-8-9(2)14-13(15-10(8)3)16-11-6-5-7-12(11)17-4/h11-12H,5-7H2,1-4H3,(H,14,15,16). The second-order valence-electron chi connectivity index (χ2n) is 4.80. The topological polar surface area (TPSA) is 47.0 Å². The van der Waals surface area contributed by atoms with Crippen molar-refractivity contribution in [2.75, 3.05) is 12.4 Å². The minimum Gasteiger partial charge on any atom is -0.379 e. The van der Waals surface area contributed by atoms with Gasteiger partial charge in [0.15, 0.2) is 0 Å². The molecule has 1 N–H and O–H groups in total. The fourth-order valence-corrected chi connectivity index (χ4v) is 2.38. The highest BCUT2D eigenvalue weighted by molar-refractivity contribution is 5.34. The van der Waals surface area contributed by atoms with Crippen molar-refractivity contribution in [1.29, 1.82) is 0 Å². The molecule has 1 saturated carbocycles. The Balaban J connectivity index is 2.13. The highest BCUT2D eigenvalue weighted by Crippen LogP contribution is 2.24. The third-order valence-corrected chi connectivity index (χ3v) is 3.70. The summed E-state index contributed by atoms with van der Waals surface area (Å²) in [4.78, 5) is 8.98. The largest absolute Gasteiger partial charge is 0.379 e. The van der Waals surface area contributed by atoms with Crippen LogP contribution in [-0.4, -0.2) is 29.2 Å². The molecule has 94 valence electrons. The molecule has 0 aromatic carbocycles. The number of rotatable bonds is 3. The van der Waals surface area contributed by atoms with Gasteiger partial charge in [0.1, 0.15) is 0 Å². The van der Waals surface area contributed by atoms with Crippen molar-refractivity contribution in [1.82, 2.24) is 9.97 Å². The maximum Gasteiger partial charge on any atom is 0.223 e. The summed E-state index contributed by atoms with van der Waals surface area (Å²) in [6.45, 7) is 6.11. The Morgan fingerprint density at radius 3 is 2.35 bits per heavy atom. The van der Waals surface area contributed by atoms with Crippen LogP contribution >= 0.6 is 0 Å². The van der Waals surface area contributed by atoms with Crippen LogP contribution in [0.1, 0.15) is 36.2 Å². The lowest BCUT2D eigenvalue weighted by molar-refractivity contribution is 0.101. The van der Waals surface area contributed by atoms with Crippen molar-refractivity contribution in [3.8, 4) is 0 Å². The molecule has 0 radical (unpaired) electrons. The molecule has 1 aliphatic carbocycles. The first kappa shape index (κ1) is 12.3. The van der Waals surface area contributed by atoms with Crippen LogP contribution in [0.25, 0.3) is 0 Å². The lowest BCUT2D eigenvalue weighted by Gasteiger charge is -2.20. The smallest absolute Gasteiger partial charge is 0.223 e. The molecule has 4 heteroatoms. The van der Waals surface area contributed by atoms with Crippen molar-refractivity contribution in [3.05, 3.63) is 17.0 Å². The van der Waals surface area contributed by atoms with Gasteiger partial charge in [0.25, 0.3) is 0 Å². The molecule has 1 heterocycles. The average molecular weight is 235 g/mol. The molecule has 1 aromatic heterocycles. The zero-order chi connectivity index (χ0) is 12.4. The van der Waals surface area contributed by atoms with Crippen molar-refractivity contribution in [3.63, 3.8) is 0 Å². The van der Waals surface area contributed by atoms with Gasteiger partial charge in [-0.3, -0.25) is 0 Å². The summed E-state index contributed by atoms with van der Waals surface area (Å²) < 4.78 is 5.46. The second kappa shape index (κ2) is 5.00. The lowest BCUT2D eigenvalue weighted by atomic mass is 10.2. The molecule has 0 spiro atoms. The molecular formula is C13H21N3O. The van der Waals surface area contributed by atoms with E-state index in [4.69, 9.17) is 4.74 Å². The van der Waals surface area contributed by atoms with Crippen LogP contribution in [0.15, 0.2) is 0 Å². The number of nitrogens with zero attached hydrogens (tertiary/aromatic N) is 2. The average Bonchev–Trinajstić information content (AvgIpc) is 2.73. The van der Waals surface area contributed by atoms with Gasteiger partial charge < -0.3 is 10.1 Å². The van der Waals surface area contributed by atoms with Gasteiger partial charge in [-0.1, -0.05) is 0 Å². The Morgan fingerprint density at radius 2 is 1.76 bits per heavy atom. The number of hydrogen-bond acceptors (Lipinski definition) is 4. The SMILES string of the molecule is COC1CCCC1Nc1nc(C)c(C)c(C)n1. The molecule has 1 aromatic rings. The highest BCUT2D eigenvalue weighted by Gasteiger charge is 2.27. The van der Waals surface area contributed by atoms with Crippen LogP contribution in [0.4, 0.5) is 5.95 Å². The minimum atomic E-state index is 0.292. The Hall–Kier alpha value is -1.16. The van der Waals surface area contributed by atoms with Crippen LogP contribution in [0.2, 0.25) is 0 Å². The van der Waals surface area contributed by atoms with Gasteiger partial charge in [0.2, 0.25) is 5.95 Å². The summed E-state index contributed by atoms with van der Waals surface area (Å²) in [5, 5.41) is 3.40. The summed E-state index contributed by atoms with van der Waals surface area (Å²) in [5.41, 5.74) is 3.27. The molecule has 0 bridgehead atoms. The quantitative estimate of drug-likeness (QED) is 0.873. The predicted molar refractivity (Wildman–Crippen MR) is 68.3 cm³/mol. The van der Waals surface area contributed by atoms with Crippen LogP contribution in [0, 0.1) is 20.8 Å². The van der Waals surface area contributed by atoms with Gasteiger partial charge >= 0.3 is 0 Å². The van der Waals surface area contributed by atoms with Gasteiger partial charge in [-0.05, 0) is 45.6 Å². The molecule has 17 heavy (non-hydrogen) atoms. The van der Waals surface area contributed by atoms with Gasteiger partial charge in [-0.25, -0.2) is 9.97 Å². The van der Waals surface area contributed by atoms with E-state index in [1.807, 2.05) is 13.8 Å². The van der Waals surface area contributed by atoms with Crippen molar-refractivity contribution in [2.45, 2.75) is 52.2 Å². The fourth-order valence-electron chi connectivity index (χ4n) is 2.38. The van der Waals surface area contributed by atoms with E-state index in [0.717, 1.165) is 30.2 Å². The Morgan fingerprint density at radius 1 is 1.12 bits per heavy atom. The number of aromatic nitrogens is 2. The number of anilines is 1. The fraction of sp³-hybridized carbons (Fsp3) is 0.692. The van der Waals surface area contributed by atoms with E-state index < -0.39 is 0 Å². The predicted octanol–water partition coefficient (Wildman–Crippen LogP) is 2.38. The molecule has 2 rings (SSSR count). The van der Waals surface area contributed by atoms with Crippen LogP contribution in [0.5, 0.6) is 0 Å². The maximum atomic E-state index is 5.46. The first-order valence-corrected chi connectivity index (χ1v) is 6.23. The molecule has 4 nitrogen and oxygen atoms in total. The van der Waals surface area contributed by atoms with Crippen LogP contribution < -0.4 is 5.32 Å². The molecule has 0 amide bonds. The summed E-state index contributed by atoms with van der Waals surface area (Å²) >= 11 is 0. The van der Waals surface area contributed by atoms with Crippen LogP contribution in [-0.2, 0) is 4.74 Å². The van der Waals surface area contributed by atoms with E-state index in [9.17, 15) is 0 Å². The first-order valence-electron chi connectivity index (χ1n) is 6.23. The molecule has 1 aliphatic rings. The van der Waals surface area contributed by atoms with Gasteiger partial charge in [-0.15, -0.1) is 0 Å². The van der Waals surface area contributed by atoms with Crippen molar-refractivity contribution in [2.24, 2.45) is 0 Å². The number of aryl methyl sites for hydroxylation is 2. The van der Waals surface area contributed by atoms with Gasteiger partial charge in [0, 0.05) is 18.5 Å². The molecule has 1 fully saturated rings. The normalized spacial score (nSPS) is 24.0. The molecular weight excluding hydrogens is 214 g/mol. The number of ether oxygens (including phenoxy) is 1. The summed E-state index contributed by atoms with van der Waals surface area (Å²) in [6.07, 6.45) is 3.76. The molecule has 0 saturated heterocycles. The van der Waals surface area contributed by atoms with E-state index >= 15 is 0 Å². The molecule has 2 atom stereocenters. The van der Waals surface area contributed by atoms with Gasteiger partial charge in [0.05, 0.1) is 12.1 Å². The maximum absolute atomic E-state index is 5.46. The number of methoxy groups -OCH3 is 1. The highest BCUT2D eigenvalue weighted by atomic mass is 16.5. The summed E-state index contributed by atoms with van der Waals surface area (Å²) in [5.74, 6) is 0.736. The van der Waals surface area contributed by atoms with Gasteiger partial charge in [-0.2, -0.15) is 0 Å². The van der Waals surface area contributed by atoms with E-state index in [-0.39, 0.29) is 0 Å². The second-order valence-corrected chi connectivity index (χ2v) is 4.80. The zero-order valence-corrected chi connectivity index (χ0v) is 11.1. The van der Waals surface area contributed by atoms with Crippen molar-refractivity contribution < 1.29 is 4.74 Å². The molecule has 0 aliphatic heterocycles. The van der Waals surface area contributed by atoms with Crippen LogP contribution in [0.3, 0.4) is 0 Å². The third-order valence-electron chi connectivity index (χ3n) is 3.70. The third kappa shape index (κ3) is 2.57. The monoisotopic (exact) mass is 235 g/mol. The first-order chi connectivity index (χ1) is 8.11. The Bertz CT molecular complexity index is 383. The molecule has 2 unspecified atom stereocenters. The zero-order valence-electron chi connectivity index (χ0n) is 11.1. The minimum absolute atomic E-state index is 0.292. The van der Waals surface area contributed by atoms with Crippen molar-refractivity contribution >= 4 is 5.95 Å². The van der Waals surface area contributed by atoms with E-state index in [1.54, 1.807) is 7.11 Å². The van der Waals surface area contributed by atoms with E-state index in [2.05, 4.69) is 22.2 Å². The summed E-state index contributed by atoms with van der Waals surface area (Å²) in [6, 6.07) is 0.349. The number of hydrogen-bond donors (Lipinski definition) is 1. The number of nitrogens with one attached hydrogen (secondary N) is 1.